The number of fused-ring (bicyclic) bond motifs is 1. The molecule has 0 aliphatic carbocycles. The van der Waals surface area contributed by atoms with E-state index >= 15 is 0 Å². The SMILES string of the molecule is CCOC(=O)N1CC=C(c2cn(-c3ccc(F)cc3)c3ccc(Cl)cc23)CC1. The lowest BCUT2D eigenvalue weighted by Gasteiger charge is -2.25. The molecule has 0 saturated carbocycles. The van der Waals surface area contributed by atoms with Crippen molar-refractivity contribution < 1.29 is 13.9 Å². The summed E-state index contributed by atoms with van der Waals surface area (Å²) in [5, 5.41) is 1.70. The largest absolute Gasteiger partial charge is 0.450 e. The second-order valence-corrected chi connectivity index (χ2v) is 7.11. The van der Waals surface area contributed by atoms with Crippen LogP contribution in [0.3, 0.4) is 0 Å². The Morgan fingerprint density at radius 1 is 1.21 bits per heavy atom. The first-order valence-electron chi connectivity index (χ1n) is 9.24. The second kappa shape index (κ2) is 7.68. The van der Waals surface area contributed by atoms with Gasteiger partial charge in [0.15, 0.2) is 0 Å². The van der Waals surface area contributed by atoms with Crippen molar-refractivity contribution in [1.29, 1.82) is 0 Å². The Hall–Kier alpha value is -2.79. The summed E-state index contributed by atoms with van der Waals surface area (Å²) in [7, 11) is 0. The molecule has 0 radical (unpaired) electrons. The number of halogens is 2. The molecule has 1 aliphatic rings. The van der Waals surface area contributed by atoms with Crippen LogP contribution in [0.2, 0.25) is 5.02 Å². The van der Waals surface area contributed by atoms with Gasteiger partial charge in [0.1, 0.15) is 5.82 Å². The van der Waals surface area contributed by atoms with Crippen LogP contribution in [-0.4, -0.2) is 35.3 Å². The predicted octanol–water partition coefficient (Wildman–Crippen LogP) is 5.67. The van der Waals surface area contributed by atoms with Crippen LogP contribution in [0, 0.1) is 5.82 Å². The van der Waals surface area contributed by atoms with E-state index in [2.05, 4.69) is 12.3 Å². The van der Waals surface area contributed by atoms with E-state index in [1.807, 2.05) is 22.8 Å². The molecular weight excluding hydrogens is 379 g/mol. The number of carbonyl (C=O) groups is 1. The summed E-state index contributed by atoms with van der Waals surface area (Å²) in [6.07, 6.45) is 4.56. The van der Waals surface area contributed by atoms with Crippen molar-refractivity contribution >= 4 is 34.2 Å². The van der Waals surface area contributed by atoms with Gasteiger partial charge in [0.25, 0.3) is 0 Å². The molecule has 3 aromatic rings. The van der Waals surface area contributed by atoms with Gasteiger partial charge in [-0.15, -0.1) is 0 Å². The van der Waals surface area contributed by atoms with Crippen molar-refractivity contribution in [3.05, 3.63) is 71.1 Å². The summed E-state index contributed by atoms with van der Waals surface area (Å²) in [5.41, 5.74) is 4.11. The topological polar surface area (TPSA) is 34.5 Å². The van der Waals surface area contributed by atoms with E-state index in [0.717, 1.165) is 34.1 Å². The monoisotopic (exact) mass is 398 g/mol. The highest BCUT2D eigenvalue weighted by Gasteiger charge is 2.21. The van der Waals surface area contributed by atoms with Crippen molar-refractivity contribution in [1.82, 2.24) is 9.47 Å². The molecule has 0 bridgehead atoms. The minimum absolute atomic E-state index is 0.266. The van der Waals surface area contributed by atoms with Gasteiger partial charge in [0.2, 0.25) is 0 Å². The zero-order valence-corrected chi connectivity index (χ0v) is 16.2. The van der Waals surface area contributed by atoms with Gasteiger partial charge in [-0.1, -0.05) is 17.7 Å². The van der Waals surface area contributed by atoms with E-state index in [1.54, 1.807) is 24.0 Å². The fourth-order valence-corrected chi connectivity index (χ4v) is 3.74. The highest BCUT2D eigenvalue weighted by molar-refractivity contribution is 6.31. The standard InChI is InChI=1S/C22H20ClFN2O2/c1-2-28-22(27)25-11-9-15(10-12-25)20-14-26(18-6-4-17(24)5-7-18)21-8-3-16(23)13-19(20)21/h3-9,13-14H,2,10-12H2,1H3. The molecule has 1 aromatic heterocycles. The molecule has 0 spiro atoms. The lowest BCUT2D eigenvalue weighted by molar-refractivity contribution is 0.111. The summed E-state index contributed by atoms with van der Waals surface area (Å²) in [6, 6.07) is 12.2. The number of carbonyl (C=O) groups excluding carboxylic acids is 1. The molecule has 2 aromatic carbocycles. The van der Waals surface area contributed by atoms with Crippen LogP contribution in [-0.2, 0) is 4.74 Å². The van der Waals surface area contributed by atoms with Crippen LogP contribution in [0.1, 0.15) is 18.9 Å². The Bertz CT molecular complexity index is 1060. The number of rotatable bonds is 3. The Morgan fingerprint density at radius 3 is 2.68 bits per heavy atom. The third kappa shape index (κ3) is 3.50. The lowest BCUT2D eigenvalue weighted by atomic mass is 9.99. The summed E-state index contributed by atoms with van der Waals surface area (Å²) in [5.74, 6) is -0.266. The number of hydrogen-bond acceptors (Lipinski definition) is 2. The van der Waals surface area contributed by atoms with Gasteiger partial charge in [0.05, 0.1) is 12.1 Å². The zero-order chi connectivity index (χ0) is 19.7. The van der Waals surface area contributed by atoms with E-state index in [9.17, 15) is 9.18 Å². The van der Waals surface area contributed by atoms with Crippen molar-refractivity contribution in [3.63, 3.8) is 0 Å². The number of nitrogens with zero attached hydrogens (tertiary/aromatic N) is 2. The maximum absolute atomic E-state index is 13.3. The molecule has 2 heterocycles. The third-order valence-corrected chi connectivity index (χ3v) is 5.19. The quantitative estimate of drug-likeness (QED) is 0.569. The van der Waals surface area contributed by atoms with E-state index in [-0.39, 0.29) is 11.9 Å². The Morgan fingerprint density at radius 2 is 2.00 bits per heavy atom. The first-order valence-corrected chi connectivity index (χ1v) is 9.62. The van der Waals surface area contributed by atoms with Crippen molar-refractivity contribution in [2.45, 2.75) is 13.3 Å². The highest BCUT2D eigenvalue weighted by Crippen LogP contribution is 2.34. The second-order valence-electron chi connectivity index (χ2n) is 6.67. The minimum atomic E-state index is -0.283. The van der Waals surface area contributed by atoms with Crippen LogP contribution in [0.4, 0.5) is 9.18 Å². The van der Waals surface area contributed by atoms with Gasteiger partial charge in [-0.2, -0.15) is 0 Å². The van der Waals surface area contributed by atoms with Crippen molar-refractivity contribution in [2.75, 3.05) is 19.7 Å². The highest BCUT2D eigenvalue weighted by atomic mass is 35.5. The first kappa shape index (κ1) is 18.6. The Kier molecular flexibility index (Phi) is 5.09. The number of hydrogen-bond donors (Lipinski definition) is 0. The predicted molar refractivity (Wildman–Crippen MR) is 109 cm³/mol. The molecular formula is C22H20ClFN2O2. The van der Waals surface area contributed by atoms with Crippen LogP contribution in [0.15, 0.2) is 54.7 Å². The van der Waals surface area contributed by atoms with E-state index in [0.29, 0.717) is 24.7 Å². The van der Waals surface area contributed by atoms with Crippen molar-refractivity contribution in [2.24, 2.45) is 0 Å². The number of amides is 1. The van der Waals surface area contributed by atoms with Crippen LogP contribution < -0.4 is 0 Å². The summed E-state index contributed by atoms with van der Waals surface area (Å²) in [6.45, 7) is 3.29. The minimum Gasteiger partial charge on any atom is -0.450 e. The smallest absolute Gasteiger partial charge is 0.410 e. The molecule has 1 amide bonds. The molecule has 28 heavy (non-hydrogen) atoms. The van der Waals surface area contributed by atoms with Gasteiger partial charge in [0, 0.05) is 40.9 Å². The fourth-order valence-electron chi connectivity index (χ4n) is 3.57. The van der Waals surface area contributed by atoms with E-state index in [4.69, 9.17) is 16.3 Å². The molecule has 0 atom stereocenters. The average molecular weight is 399 g/mol. The Balaban J connectivity index is 1.74. The summed E-state index contributed by atoms with van der Waals surface area (Å²) in [4.78, 5) is 13.6. The summed E-state index contributed by atoms with van der Waals surface area (Å²) < 4.78 is 20.5. The molecule has 0 saturated heterocycles. The van der Waals surface area contributed by atoms with Crippen molar-refractivity contribution in [3.8, 4) is 5.69 Å². The fraction of sp³-hybridized carbons (Fsp3) is 0.227. The zero-order valence-electron chi connectivity index (χ0n) is 15.5. The van der Waals surface area contributed by atoms with E-state index in [1.165, 1.54) is 12.1 Å². The molecule has 0 fully saturated rings. The maximum Gasteiger partial charge on any atom is 0.410 e. The van der Waals surface area contributed by atoms with Gasteiger partial charge < -0.3 is 14.2 Å². The molecule has 0 unspecified atom stereocenters. The molecule has 1 aliphatic heterocycles. The Labute approximate surface area is 167 Å². The average Bonchev–Trinajstić information content (AvgIpc) is 3.07. The maximum atomic E-state index is 13.3. The van der Waals surface area contributed by atoms with Gasteiger partial charge in [-0.25, -0.2) is 9.18 Å². The van der Waals surface area contributed by atoms with E-state index < -0.39 is 0 Å². The lowest BCUT2D eigenvalue weighted by Crippen LogP contribution is -2.35. The van der Waals surface area contributed by atoms with Crippen LogP contribution >= 0.6 is 11.6 Å². The first-order chi connectivity index (χ1) is 13.6. The molecule has 0 N–H and O–H groups in total. The molecule has 6 heteroatoms. The third-order valence-electron chi connectivity index (χ3n) is 4.95. The van der Waals surface area contributed by atoms with Crippen LogP contribution in [0.5, 0.6) is 0 Å². The number of aromatic nitrogens is 1. The van der Waals surface area contributed by atoms with Gasteiger partial charge in [-0.05, 0) is 61.4 Å². The normalized spacial score (nSPS) is 14.2. The molecule has 144 valence electrons. The molecule has 4 nitrogen and oxygen atoms in total. The number of ether oxygens (including phenoxy) is 1. The van der Waals surface area contributed by atoms with Gasteiger partial charge >= 0.3 is 6.09 Å². The summed E-state index contributed by atoms with van der Waals surface area (Å²) >= 11 is 6.26. The number of benzene rings is 2. The van der Waals surface area contributed by atoms with Crippen LogP contribution in [0.25, 0.3) is 22.2 Å². The van der Waals surface area contributed by atoms with Gasteiger partial charge in [-0.3, -0.25) is 0 Å². The molecule has 4 rings (SSSR count).